The molecule has 0 unspecified atom stereocenters. The molecule has 1 saturated carbocycles. The van der Waals surface area contributed by atoms with Crippen LogP contribution in [0.4, 0.5) is 0 Å². The number of rotatable bonds is 8. The molecule has 0 aliphatic heterocycles. The maximum Gasteiger partial charge on any atom is 0.242 e. The average molecular weight is 396 g/mol. The van der Waals surface area contributed by atoms with Gasteiger partial charge < -0.3 is 14.4 Å². The van der Waals surface area contributed by atoms with Gasteiger partial charge in [-0.2, -0.15) is 0 Å². The molecule has 1 aliphatic rings. The van der Waals surface area contributed by atoms with E-state index in [1.165, 1.54) is 0 Å². The number of hydrogen-bond donors (Lipinski definition) is 0. The van der Waals surface area contributed by atoms with Gasteiger partial charge in [-0.3, -0.25) is 9.59 Å². The lowest BCUT2D eigenvalue weighted by molar-refractivity contribution is -0.145. The molecule has 2 aromatic rings. The molecule has 0 atom stereocenters. The van der Waals surface area contributed by atoms with Crippen LogP contribution in [0, 0.1) is 5.92 Å². The molecule has 2 amide bonds. The Kier molecular flexibility index (Phi) is 7.13. The summed E-state index contributed by atoms with van der Waals surface area (Å²) in [5.41, 5.74) is 2.17. The van der Waals surface area contributed by atoms with Crippen molar-refractivity contribution in [2.24, 2.45) is 13.0 Å². The van der Waals surface area contributed by atoms with E-state index in [0.29, 0.717) is 13.1 Å². The van der Waals surface area contributed by atoms with E-state index in [0.717, 1.165) is 36.9 Å². The van der Waals surface area contributed by atoms with Gasteiger partial charge in [0.25, 0.3) is 0 Å². The van der Waals surface area contributed by atoms with E-state index in [2.05, 4.69) is 0 Å². The second kappa shape index (κ2) is 9.77. The molecule has 0 bridgehead atoms. The summed E-state index contributed by atoms with van der Waals surface area (Å²) in [4.78, 5) is 30.0. The summed E-state index contributed by atoms with van der Waals surface area (Å²) in [5.74, 6) is 0.222. The molecule has 0 spiro atoms. The quantitative estimate of drug-likeness (QED) is 0.679. The average Bonchev–Trinajstić information content (AvgIpc) is 3.38. The summed E-state index contributed by atoms with van der Waals surface area (Å²) in [7, 11) is 1.99. The van der Waals surface area contributed by atoms with E-state index in [1.807, 2.05) is 79.0 Å². The maximum atomic E-state index is 13.3. The van der Waals surface area contributed by atoms with Gasteiger partial charge in [0.15, 0.2) is 0 Å². The largest absolute Gasteiger partial charge is 0.353 e. The van der Waals surface area contributed by atoms with Crippen LogP contribution in [0.15, 0.2) is 48.7 Å². The number of carbonyl (C=O) groups excluding carboxylic acids is 2. The SMILES string of the molecule is CC(C)N(CC(=O)N(Cc1ccccc1)Cc1cccn1C)C(=O)C1CCCC1. The lowest BCUT2D eigenvalue weighted by Gasteiger charge is -2.32. The molecular formula is C24H33N3O2. The third-order valence-electron chi connectivity index (χ3n) is 5.89. The van der Waals surface area contributed by atoms with Crippen LogP contribution in [0.2, 0.25) is 0 Å². The third-order valence-corrected chi connectivity index (χ3v) is 5.89. The topological polar surface area (TPSA) is 45.6 Å². The van der Waals surface area contributed by atoms with Crippen molar-refractivity contribution in [1.82, 2.24) is 14.4 Å². The number of hydrogen-bond acceptors (Lipinski definition) is 2. The molecule has 1 aromatic carbocycles. The Morgan fingerprint density at radius 2 is 1.72 bits per heavy atom. The summed E-state index contributed by atoms with van der Waals surface area (Å²) in [6, 6.07) is 14.1. The van der Waals surface area contributed by atoms with Gasteiger partial charge in [-0.1, -0.05) is 43.2 Å². The predicted molar refractivity (Wildman–Crippen MR) is 115 cm³/mol. The maximum absolute atomic E-state index is 13.3. The molecule has 5 heteroatoms. The Morgan fingerprint density at radius 3 is 2.31 bits per heavy atom. The molecule has 0 saturated heterocycles. The van der Waals surface area contributed by atoms with Gasteiger partial charge in [0.1, 0.15) is 6.54 Å². The molecule has 3 rings (SSSR count). The summed E-state index contributed by atoms with van der Waals surface area (Å²) < 4.78 is 2.04. The van der Waals surface area contributed by atoms with Gasteiger partial charge in [-0.05, 0) is 44.4 Å². The van der Waals surface area contributed by atoms with Crippen LogP contribution < -0.4 is 0 Å². The van der Waals surface area contributed by atoms with Crippen molar-refractivity contribution in [2.45, 2.75) is 58.7 Å². The lowest BCUT2D eigenvalue weighted by atomic mass is 10.1. The zero-order valence-electron chi connectivity index (χ0n) is 17.9. The van der Waals surface area contributed by atoms with Gasteiger partial charge >= 0.3 is 0 Å². The molecule has 156 valence electrons. The summed E-state index contributed by atoms with van der Waals surface area (Å²) in [5, 5.41) is 0. The highest BCUT2D eigenvalue weighted by Gasteiger charge is 2.31. The smallest absolute Gasteiger partial charge is 0.242 e. The van der Waals surface area contributed by atoms with Gasteiger partial charge in [0, 0.05) is 37.4 Å². The Morgan fingerprint density at radius 1 is 1.03 bits per heavy atom. The number of amides is 2. The van der Waals surface area contributed by atoms with E-state index in [1.54, 1.807) is 4.90 Å². The molecule has 1 heterocycles. The van der Waals surface area contributed by atoms with Crippen LogP contribution in [0.3, 0.4) is 0 Å². The fourth-order valence-electron chi connectivity index (χ4n) is 4.06. The second-order valence-electron chi connectivity index (χ2n) is 8.39. The van der Waals surface area contributed by atoms with Crippen molar-refractivity contribution < 1.29 is 9.59 Å². The van der Waals surface area contributed by atoms with Gasteiger partial charge in [-0.15, -0.1) is 0 Å². The van der Waals surface area contributed by atoms with Crippen LogP contribution in [-0.2, 0) is 29.7 Å². The molecule has 5 nitrogen and oxygen atoms in total. The van der Waals surface area contributed by atoms with Crippen molar-refractivity contribution in [2.75, 3.05) is 6.54 Å². The molecule has 29 heavy (non-hydrogen) atoms. The highest BCUT2D eigenvalue weighted by Crippen LogP contribution is 2.27. The summed E-state index contributed by atoms with van der Waals surface area (Å²) >= 11 is 0. The first-order valence-corrected chi connectivity index (χ1v) is 10.7. The van der Waals surface area contributed by atoms with Crippen LogP contribution in [-0.4, -0.2) is 38.8 Å². The molecular weight excluding hydrogens is 362 g/mol. The van der Waals surface area contributed by atoms with Crippen molar-refractivity contribution in [3.63, 3.8) is 0 Å². The highest BCUT2D eigenvalue weighted by atomic mass is 16.2. The zero-order valence-corrected chi connectivity index (χ0v) is 17.9. The number of nitrogens with zero attached hydrogens (tertiary/aromatic N) is 3. The highest BCUT2D eigenvalue weighted by molar-refractivity contribution is 5.86. The van der Waals surface area contributed by atoms with Crippen LogP contribution in [0.5, 0.6) is 0 Å². The fraction of sp³-hybridized carbons (Fsp3) is 0.500. The molecule has 0 N–H and O–H groups in total. The van der Waals surface area contributed by atoms with Crippen molar-refractivity contribution in [1.29, 1.82) is 0 Å². The number of carbonyl (C=O) groups is 2. The number of aromatic nitrogens is 1. The minimum atomic E-state index is -0.00454. The standard InChI is InChI=1S/C24H33N3O2/c1-19(2)27(24(29)21-12-7-8-13-21)18-23(28)26(16-20-10-5-4-6-11-20)17-22-14-9-15-25(22)3/h4-6,9-11,14-15,19,21H,7-8,12-13,16-18H2,1-3H3. The van der Waals surface area contributed by atoms with Gasteiger partial charge in [0.05, 0.1) is 6.54 Å². The summed E-state index contributed by atoms with van der Waals surface area (Å²) in [6.45, 7) is 5.21. The fourth-order valence-corrected chi connectivity index (χ4v) is 4.06. The summed E-state index contributed by atoms with van der Waals surface area (Å²) in [6.07, 6.45) is 6.12. The van der Waals surface area contributed by atoms with Crippen LogP contribution >= 0.6 is 0 Å². The van der Waals surface area contributed by atoms with E-state index in [9.17, 15) is 9.59 Å². The molecule has 1 aromatic heterocycles. The normalized spacial score (nSPS) is 14.3. The Bertz CT molecular complexity index is 807. The van der Waals surface area contributed by atoms with Crippen LogP contribution in [0.1, 0.15) is 50.8 Å². The van der Waals surface area contributed by atoms with Crippen LogP contribution in [0.25, 0.3) is 0 Å². The minimum Gasteiger partial charge on any atom is -0.353 e. The van der Waals surface area contributed by atoms with Crippen molar-refractivity contribution in [3.8, 4) is 0 Å². The number of aryl methyl sites for hydroxylation is 1. The van der Waals surface area contributed by atoms with E-state index < -0.39 is 0 Å². The Hall–Kier alpha value is -2.56. The first-order chi connectivity index (χ1) is 14.0. The van der Waals surface area contributed by atoms with E-state index >= 15 is 0 Å². The second-order valence-corrected chi connectivity index (χ2v) is 8.39. The van der Waals surface area contributed by atoms with Crippen molar-refractivity contribution >= 4 is 11.8 Å². The van der Waals surface area contributed by atoms with E-state index in [4.69, 9.17) is 0 Å². The third kappa shape index (κ3) is 5.49. The Balaban J connectivity index is 1.76. The molecule has 1 aliphatic carbocycles. The molecule has 0 radical (unpaired) electrons. The van der Waals surface area contributed by atoms with E-state index in [-0.39, 0.29) is 30.3 Å². The number of benzene rings is 1. The van der Waals surface area contributed by atoms with Crippen molar-refractivity contribution in [3.05, 3.63) is 59.9 Å². The minimum absolute atomic E-state index is 0.00454. The first kappa shape index (κ1) is 21.2. The molecule has 1 fully saturated rings. The monoisotopic (exact) mass is 395 g/mol. The van der Waals surface area contributed by atoms with Gasteiger partial charge in [0.2, 0.25) is 11.8 Å². The zero-order chi connectivity index (χ0) is 20.8. The first-order valence-electron chi connectivity index (χ1n) is 10.7. The van der Waals surface area contributed by atoms with Gasteiger partial charge in [-0.25, -0.2) is 0 Å². The predicted octanol–water partition coefficient (Wildman–Crippen LogP) is 3.98. The Labute approximate surface area is 174 Å². The lowest BCUT2D eigenvalue weighted by Crippen LogP contribution is -2.47.